The molecule has 1 aromatic heterocycles. The van der Waals surface area contributed by atoms with Crippen LogP contribution in [-0.4, -0.2) is 23.2 Å². The molecule has 0 fully saturated rings. The Balaban J connectivity index is 2.74. The number of hydrogen-bond donors (Lipinski definition) is 1. The predicted octanol–water partition coefficient (Wildman–Crippen LogP) is 1.02. The number of ether oxygens (including phenoxy) is 1. The van der Waals surface area contributed by atoms with E-state index in [1.165, 1.54) is 4.57 Å². The number of aromatic nitrogens is 2. The molecular formula is C11H12ClN3O2. The van der Waals surface area contributed by atoms with Crippen molar-refractivity contribution in [2.24, 2.45) is 5.73 Å². The van der Waals surface area contributed by atoms with Crippen LogP contribution in [0.5, 0.6) is 5.75 Å². The number of fused-ring (bicyclic) bond motifs is 1. The first-order valence-corrected chi connectivity index (χ1v) is 5.49. The smallest absolute Gasteiger partial charge is 0.262 e. The van der Waals surface area contributed by atoms with Crippen LogP contribution in [0.2, 0.25) is 5.28 Å². The lowest BCUT2D eigenvalue weighted by molar-refractivity contribution is 0.415. The molecule has 90 valence electrons. The highest BCUT2D eigenvalue weighted by Crippen LogP contribution is 2.17. The summed E-state index contributed by atoms with van der Waals surface area (Å²) in [5, 5.41) is 0.625. The molecule has 1 heterocycles. The van der Waals surface area contributed by atoms with Gasteiger partial charge in [-0.3, -0.25) is 9.36 Å². The summed E-state index contributed by atoms with van der Waals surface area (Å²) in [4.78, 5) is 16.3. The summed E-state index contributed by atoms with van der Waals surface area (Å²) in [6, 6.07) is 5.08. The highest BCUT2D eigenvalue weighted by Gasteiger charge is 2.09. The van der Waals surface area contributed by atoms with Gasteiger partial charge in [0, 0.05) is 13.1 Å². The molecule has 0 amide bonds. The van der Waals surface area contributed by atoms with Gasteiger partial charge in [0.05, 0.1) is 18.0 Å². The van der Waals surface area contributed by atoms with Gasteiger partial charge in [0.25, 0.3) is 5.56 Å². The molecule has 0 atom stereocenters. The molecule has 0 bridgehead atoms. The summed E-state index contributed by atoms with van der Waals surface area (Å²) in [5.74, 6) is 0.609. The zero-order valence-electron chi connectivity index (χ0n) is 9.31. The summed E-state index contributed by atoms with van der Waals surface area (Å²) in [5.41, 5.74) is 5.77. The van der Waals surface area contributed by atoms with Crippen LogP contribution in [0.25, 0.3) is 10.9 Å². The average molecular weight is 254 g/mol. The predicted molar refractivity (Wildman–Crippen MR) is 66.6 cm³/mol. The van der Waals surface area contributed by atoms with Gasteiger partial charge in [0.1, 0.15) is 5.75 Å². The Bertz CT molecular complexity index is 609. The van der Waals surface area contributed by atoms with Gasteiger partial charge < -0.3 is 10.5 Å². The largest absolute Gasteiger partial charge is 0.497 e. The summed E-state index contributed by atoms with van der Waals surface area (Å²) in [6.45, 7) is 0.675. The maximum Gasteiger partial charge on any atom is 0.262 e. The van der Waals surface area contributed by atoms with E-state index in [0.29, 0.717) is 29.7 Å². The molecule has 6 heteroatoms. The third-order valence-corrected chi connectivity index (χ3v) is 2.76. The zero-order chi connectivity index (χ0) is 12.4. The van der Waals surface area contributed by atoms with Gasteiger partial charge in [0.15, 0.2) is 0 Å². The van der Waals surface area contributed by atoms with E-state index in [2.05, 4.69) is 4.98 Å². The first-order chi connectivity index (χ1) is 8.17. The second-order valence-electron chi connectivity index (χ2n) is 3.51. The van der Waals surface area contributed by atoms with Gasteiger partial charge in [-0.2, -0.15) is 0 Å². The summed E-state index contributed by atoms with van der Waals surface area (Å²) in [7, 11) is 1.54. The Morgan fingerprint density at radius 1 is 1.53 bits per heavy atom. The van der Waals surface area contributed by atoms with Crippen molar-refractivity contribution >= 4 is 22.5 Å². The van der Waals surface area contributed by atoms with Gasteiger partial charge in [-0.25, -0.2) is 4.98 Å². The fraction of sp³-hybridized carbons (Fsp3) is 0.273. The molecule has 0 aliphatic carbocycles. The molecule has 0 radical (unpaired) electrons. The third-order valence-electron chi connectivity index (χ3n) is 2.47. The quantitative estimate of drug-likeness (QED) is 0.829. The Kier molecular flexibility index (Phi) is 3.31. The van der Waals surface area contributed by atoms with Gasteiger partial charge >= 0.3 is 0 Å². The van der Waals surface area contributed by atoms with Crippen molar-refractivity contribution in [3.63, 3.8) is 0 Å². The zero-order valence-corrected chi connectivity index (χ0v) is 10.1. The number of benzene rings is 1. The van der Waals surface area contributed by atoms with E-state index in [0.717, 1.165) is 0 Å². The Hall–Kier alpha value is -1.59. The van der Waals surface area contributed by atoms with E-state index in [1.807, 2.05) is 0 Å². The molecule has 0 aliphatic heterocycles. The molecule has 0 spiro atoms. The van der Waals surface area contributed by atoms with Crippen LogP contribution >= 0.6 is 11.6 Å². The topological polar surface area (TPSA) is 70.1 Å². The fourth-order valence-electron chi connectivity index (χ4n) is 1.62. The van der Waals surface area contributed by atoms with E-state index >= 15 is 0 Å². The van der Waals surface area contributed by atoms with E-state index in [-0.39, 0.29) is 10.8 Å². The van der Waals surface area contributed by atoms with Crippen molar-refractivity contribution < 1.29 is 4.74 Å². The van der Waals surface area contributed by atoms with E-state index in [9.17, 15) is 4.79 Å². The number of halogens is 1. The van der Waals surface area contributed by atoms with Crippen LogP contribution in [0.1, 0.15) is 0 Å². The molecule has 1 aromatic carbocycles. The van der Waals surface area contributed by atoms with Crippen LogP contribution in [0.4, 0.5) is 0 Å². The number of rotatable bonds is 3. The lowest BCUT2D eigenvalue weighted by Crippen LogP contribution is -2.25. The molecule has 2 N–H and O–H groups in total. The third kappa shape index (κ3) is 2.11. The van der Waals surface area contributed by atoms with Gasteiger partial charge in [0.2, 0.25) is 5.28 Å². The Morgan fingerprint density at radius 3 is 2.94 bits per heavy atom. The summed E-state index contributed by atoms with van der Waals surface area (Å²) in [6.07, 6.45) is 0. The normalized spacial score (nSPS) is 10.8. The van der Waals surface area contributed by atoms with Crippen molar-refractivity contribution in [1.29, 1.82) is 0 Å². The molecular weight excluding hydrogens is 242 g/mol. The van der Waals surface area contributed by atoms with Crippen LogP contribution < -0.4 is 16.0 Å². The molecule has 0 saturated heterocycles. The van der Waals surface area contributed by atoms with Crippen molar-refractivity contribution in [2.45, 2.75) is 6.54 Å². The van der Waals surface area contributed by atoms with E-state index in [1.54, 1.807) is 25.3 Å². The fourth-order valence-corrected chi connectivity index (χ4v) is 1.88. The van der Waals surface area contributed by atoms with E-state index < -0.39 is 0 Å². The number of hydrogen-bond acceptors (Lipinski definition) is 4. The number of nitrogens with two attached hydrogens (primary N) is 1. The average Bonchev–Trinajstić information content (AvgIpc) is 2.34. The van der Waals surface area contributed by atoms with Crippen molar-refractivity contribution in [1.82, 2.24) is 9.55 Å². The minimum absolute atomic E-state index is 0.151. The van der Waals surface area contributed by atoms with Gasteiger partial charge in [-0.05, 0) is 29.8 Å². The number of nitrogens with zero attached hydrogens (tertiary/aromatic N) is 2. The first-order valence-electron chi connectivity index (χ1n) is 5.11. The molecule has 0 aliphatic rings. The Morgan fingerprint density at radius 2 is 2.29 bits per heavy atom. The van der Waals surface area contributed by atoms with Crippen molar-refractivity contribution in [3.05, 3.63) is 33.8 Å². The lowest BCUT2D eigenvalue weighted by atomic mass is 10.2. The SMILES string of the molecule is COc1ccc2nc(Cl)n(CCN)c(=O)c2c1. The maximum absolute atomic E-state index is 12.1. The molecule has 17 heavy (non-hydrogen) atoms. The second-order valence-corrected chi connectivity index (χ2v) is 3.85. The molecule has 2 aromatic rings. The highest BCUT2D eigenvalue weighted by molar-refractivity contribution is 6.28. The maximum atomic E-state index is 12.1. The van der Waals surface area contributed by atoms with Crippen LogP contribution in [0.15, 0.2) is 23.0 Å². The second kappa shape index (κ2) is 4.73. The number of methoxy groups -OCH3 is 1. The van der Waals surface area contributed by atoms with Crippen molar-refractivity contribution in [3.8, 4) is 5.75 Å². The van der Waals surface area contributed by atoms with E-state index in [4.69, 9.17) is 22.1 Å². The monoisotopic (exact) mass is 253 g/mol. The van der Waals surface area contributed by atoms with Crippen LogP contribution in [-0.2, 0) is 6.54 Å². The van der Waals surface area contributed by atoms with Gasteiger partial charge in [-0.15, -0.1) is 0 Å². The molecule has 5 nitrogen and oxygen atoms in total. The van der Waals surface area contributed by atoms with Gasteiger partial charge in [-0.1, -0.05) is 0 Å². The minimum atomic E-state index is -0.204. The highest BCUT2D eigenvalue weighted by atomic mass is 35.5. The standard InChI is InChI=1S/C11H12ClN3O2/c1-17-7-2-3-9-8(6-7)10(16)15(5-4-13)11(12)14-9/h2-3,6H,4-5,13H2,1H3. The van der Waals surface area contributed by atoms with Crippen molar-refractivity contribution in [2.75, 3.05) is 13.7 Å². The Labute approximate surface area is 103 Å². The minimum Gasteiger partial charge on any atom is -0.497 e. The lowest BCUT2D eigenvalue weighted by Gasteiger charge is -2.08. The molecule has 0 unspecified atom stereocenters. The molecule has 2 rings (SSSR count). The molecule has 0 saturated carbocycles. The summed E-state index contributed by atoms with van der Waals surface area (Å²) < 4.78 is 6.42. The first kappa shape index (κ1) is 11.9. The van der Waals surface area contributed by atoms with Crippen LogP contribution in [0.3, 0.4) is 0 Å². The summed E-state index contributed by atoms with van der Waals surface area (Å²) >= 11 is 5.93. The van der Waals surface area contributed by atoms with Crippen LogP contribution in [0, 0.1) is 0 Å².